The molecule has 0 saturated heterocycles. The smallest absolute Gasteiger partial charge is 0.119 e. The number of fused-ring (bicyclic) bond motifs is 2. The Bertz CT molecular complexity index is 2510. The Balaban J connectivity index is 1.45. The van der Waals surface area contributed by atoms with Gasteiger partial charge in [0.15, 0.2) is 0 Å². The maximum atomic E-state index is 5.83. The summed E-state index contributed by atoms with van der Waals surface area (Å²) in [4.78, 5) is 0. The topological polar surface area (TPSA) is 9.23 Å². The summed E-state index contributed by atoms with van der Waals surface area (Å²) in [6.45, 7) is 0. The molecule has 0 heterocycles. The van der Waals surface area contributed by atoms with Crippen LogP contribution < -0.4 is 4.74 Å². The van der Waals surface area contributed by atoms with Crippen molar-refractivity contribution < 1.29 is 4.74 Å². The molecule has 0 aliphatic heterocycles. The van der Waals surface area contributed by atoms with Gasteiger partial charge >= 0.3 is 0 Å². The van der Waals surface area contributed by atoms with Gasteiger partial charge in [-0.3, -0.25) is 0 Å². The van der Waals surface area contributed by atoms with E-state index in [0.717, 1.165) is 5.75 Å². The van der Waals surface area contributed by atoms with Gasteiger partial charge in [-0.1, -0.05) is 140 Å². The van der Waals surface area contributed by atoms with E-state index >= 15 is 0 Å². The molecule has 1 nitrogen and oxygen atoms in total. The summed E-state index contributed by atoms with van der Waals surface area (Å²) < 4.78 is 5.83. The second kappa shape index (κ2) is 9.69. The summed E-state index contributed by atoms with van der Waals surface area (Å²) in [5.41, 5.74) is 7.39. The number of hydrogen-bond donors (Lipinski definition) is 0. The Morgan fingerprint density at radius 1 is 0.364 bits per heavy atom. The first-order valence-electron chi connectivity index (χ1n) is 15.1. The maximum Gasteiger partial charge on any atom is 0.119 e. The largest absolute Gasteiger partial charge is 0.497 e. The van der Waals surface area contributed by atoms with Crippen LogP contribution in [0.2, 0.25) is 0 Å². The van der Waals surface area contributed by atoms with Gasteiger partial charge < -0.3 is 4.74 Å². The van der Waals surface area contributed by atoms with Crippen LogP contribution >= 0.6 is 0 Å². The lowest BCUT2D eigenvalue weighted by Crippen LogP contribution is -1.94. The molecule has 0 fully saturated rings. The molecule has 9 aromatic rings. The zero-order valence-corrected chi connectivity index (χ0v) is 24.3. The molecule has 0 spiro atoms. The number of methoxy groups -OCH3 is 1. The van der Waals surface area contributed by atoms with Crippen LogP contribution in [0.3, 0.4) is 0 Å². The van der Waals surface area contributed by atoms with Gasteiger partial charge in [0, 0.05) is 0 Å². The average Bonchev–Trinajstić information content (AvgIpc) is 3.10. The van der Waals surface area contributed by atoms with E-state index in [4.69, 9.17) is 4.74 Å². The predicted molar refractivity (Wildman–Crippen MR) is 188 cm³/mol. The molecule has 0 radical (unpaired) electrons. The van der Waals surface area contributed by atoms with Crippen molar-refractivity contribution in [3.63, 3.8) is 0 Å². The van der Waals surface area contributed by atoms with Gasteiger partial charge in [0.2, 0.25) is 0 Å². The summed E-state index contributed by atoms with van der Waals surface area (Å²) in [6.07, 6.45) is 0. The van der Waals surface area contributed by atoms with Crippen LogP contribution in [0, 0.1) is 0 Å². The lowest BCUT2D eigenvalue weighted by Gasteiger charge is -2.21. The minimum absolute atomic E-state index is 0.854. The van der Waals surface area contributed by atoms with E-state index < -0.39 is 0 Å². The zero-order valence-electron chi connectivity index (χ0n) is 24.3. The average molecular weight is 561 g/mol. The van der Waals surface area contributed by atoms with Gasteiger partial charge in [-0.25, -0.2) is 0 Å². The third kappa shape index (κ3) is 3.60. The molecular formula is C43H28O. The molecule has 0 bridgehead atoms. The number of rotatable bonds is 4. The fourth-order valence-corrected chi connectivity index (χ4v) is 7.39. The second-order valence-corrected chi connectivity index (χ2v) is 11.6. The standard InChI is InChI=1S/C43H28O/c1-44-31-22-25-38-39(26-31)43(33-15-6-5-14-32(33)27-10-3-2-4-11-27)35-17-8-7-16-34(35)42(38)37-24-21-30-19-18-28-12-9-13-29-20-23-36(37)41(30)40(28)29/h2-26H,1H3. The quantitative estimate of drug-likeness (QED) is 0.154. The van der Waals surface area contributed by atoms with Gasteiger partial charge in [-0.2, -0.15) is 0 Å². The molecule has 9 rings (SSSR count). The first kappa shape index (κ1) is 24.9. The highest BCUT2D eigenvalue weighted by Crippen LogP contribution is 2.49. The van der Waals surface area contributed by atoms with Crippen molar-refractivity contribution in [3.05, 3.63) is 152 Å². The monoisotopic (exact) mass is 560 g/mol. The predicted octanol–water partition coefficient (Wildman–Crippen LogP) is 11.9. The van der Waals surface area contributed by atoms with E-state index in [2.05, 4.69) is 152 Å². The number of hydrogen-bond acceptors (Lipinski definition) is 1. The van der Waals surface area contributed by atoms with Gasteiger partial charge in [-0.15, -0.1) is 0 Å². The molecule has 1 heteroatoms. The summed E-state index contributed by atoms with van der Waals surface area (Å²) in [5.74, 6) is 0.854. The van der Waals surface area contributed by atoms with Gasteiger partial charge in [0.05, 0.1) is 7.11 Å². The Hall–Kier alpha value is -5.66. The Kier molecular flexibility index (Phi) is 5.48. The third-order valence-corrected chi connectivity index (χ3v) is 9.31. The first-order chi connectivity index (χ1) is 21.8. The fraction of sp³-hybridized carbons (Fsp3) is 0.0233. The minimum Gasteiger partial charge on any atom is -0.497 e. The molecular weight excluding hydrogens is 532 g/mol. The molecule has 0 aliphatic carbocycles. The zero-order chi connectivity index (χ0) is 29.2. The number of benzene rings is 9. The van der Waals surface area contributed by atoms with Crippen LogP contribution in [-0.2, 0) is 0 Å². The summed E-state index contributed by atoms with van der Waals surface area (Å²) in [7, 11) is 1.75. The highest BCUT2D eigenvalue weighted by molar-refractivity contribution is 6.29. The SMILES string of the molecule is COc1ccc2c(-c3ccc4ccc5cccc6ccc3c4c56)c3ccccc3c(-c3ccccc3-c3ccccc3)c2c1. The van der Waals surface area contributed by atoms with Crippen LogP contribution in [0.5, 0.6) is 5.75 Å². The lowest BCUT2D eigenvalue weighted by atomic mass is 9.82. The number of ether oxygens (including phenoxy) is 1. The Morgan fingerprint density at radius 3 is 1.68 bits per heavy atom. The summed E-state index contributed by atoms with van der Waals surface area (Å²) in [5, 5.41) is 12.7. The maximum absolute atomic E-state index is 5.83. The van der Waals surface area contributed by atoms with E-state index in [9.17, 15) is 0 Å². The van der Waals surface area contributed by atoms with Gasteiger partial charge in [0.1, 0.15) is 5.75 Å². The molecule has 0 N–H and O–H groups in total. The summed E-state index contributed by atoms with van der Waals surface area (Å²) >= 11 is 0. The molecule has 206 valence electrons. The fourth-order valence-electron chi connectivity index (χ4n) is 7.39. The van der Waals surface area contributed by atoms with Crippen molar-refractivity contribution in [3.8, 4) is 39.1 Å². The van der Waals surface area contributed by atoms with Crippen LogP contribution in [0.15, 0.2) is 152 Å². The van der Waals surface area contributed by atoms with Crippen molar-refractivity contribution in [1.29, 1.82) is 0 Å². The molecule has 0 aromatic heterocycles. The van der Waals surface area contributed by atoms with Crippen LogP contribution in [0.1, 0.15) is 0 Å². The van der Waals surface area contributed by atoms with Crippen molar-refractivity contribution in [2.45, 2.75) is 0 Å². The molecule has 0 aliphatic rings. The van der Waals surface area contributed by atoms with E-state index in [-0.39, 0.29) is 0 Å². The lowest BCUT2D eigenvalue weighted by molar-refractivity contribution is 0.415. The van der Waals surface area contributed by atoms with Crippen LogP contribution in [-0.4, -0.2) is 7.11 Å². The van der Waals surface area contributed by atoms with E-state index in [1.165, 1.54) is 87.2 Å². The third-order valence-electron chi connectivity index (χ3n) is 9.31. The molecule has 44 heavy (non-hydrogen) atoms. The first-order valence-corrected chi connectivity index (χ1v) is 15.1. The minimum atomic E-state index is 0.854. The molecule has 0 saturated carbocycles. The highest BCUT2D eigenvalue weighted by atomic mass is 16.5. The van der Waals surface area contributed by atoms with Crippen LogP contribution in [0.4, 0.5) is 0 Å². The van der Waals surface area contributed by atoms with E-state index in [0.29, 0.717) is 0 Å². The normalized spacial score (nSPS) is 11.8. The summed E-state index contributed by atoms with van der Waals surface area (Å²) in [6, 6.07) is 55.3. The Morgan fingerprint density at radius 2 is 0.932 bits per heavy atom. The molecule has 9 aromatic carbocycles. The van der Waals surface area contributed by atoms with E-state index in [1.807, 2.05) is 0 Å². The second-order valence-electron chi connectivity index (χ2n) is 11.6. The Labute approximate surface area is 255 Å². The highest BCUT2D eigenvalue weighted by Gasteiger charge is 2.21. The van der Waals surface area contributed by atoms with Crippen LogP contribution in [0.25, 0.3) is 87.2 Å². The molecule has 0 unspecified atom stereocenters. The molecule has 0 amide bonds. The molecule has 0 atom stereocenters. The van der Waals surface area contributed by atoms with Crippen molar-refractivity contribution in [1.82, 2.24) is 0 Å². The van der Waals surface area contributed by atoms with Crippen molar-refractivity contribution >= 4 is 53.9 Å². The van der Waals surface area contributed by atoms with E-state index in [1.54, 1.807) is 7.11 Å². The van der Waals surface area contributed by atoms with Crippen molar-refractivity contribution in [2.75, 3.05) is 7.11 Å². The van der Waals surface area contributed by atoms with Crippen molar-refractivity contribution in [2.24, 2.45) is 0 Å². The van der Waals surface area contributed by atoms with Gasteiger partial charge in [0.25, 0.3) is 0 Å². The van der Waals surface area contributed by atoms with Gasteiger partial charge in [-0.05, 0) is 99.4 Å².